The fraction of sp³-hybridized carbons (Fsp3) is 0.333. The van der Waals surface area contributed by atoms with Crippen LogP contribution < -0.4 is 15.4 Å². The molecule has 144 valence electrons. The molecule has 0 atom stereocenters. The van der Waals surface area contributed by atoms with Gasteiger partial charge in [-0.15, -0.1) is 13.2 Å². The highest BCUT2D eigenvalue weighted by Gasteiger charge is 2.32. The van der Waals surface area contributed by atoms with Crippen molar-refractivity contribution in [2.24, 2.45) is 11.7 Å². The third kappa shape index (κ3) is 4.66. The number of hydrogen-bond acceptors (Lipinski definition) is 4. The van der Waals surface area contributed by atoms with Gasteiger partial charge in [0.25, 0.3) is 0 Å². The summed E-state index contributed by atoms with van der Waals surface area (Å²) >= 11 is 0. The highest BCUT2D eigenvalue weighted by molar-refractivity contribution is 5.77. The first-order chi connectivity index (χ1) is 12.7. The molecule has 27 heavy (non-hydrogen) atoms. The van der Waals surface area contributed by atoms with Crippen molar-refractivity contribution in [1.29, 1.82) is 0 Å². The van der Waals surface area contributed by atoms with Crippen LogP contribution in [-0.4, -0.2) is 30.3 Å². The minimum Gasteiger partial charge on any atom is -0.403 e. The number of carbonyl (C=O) groups is 1. The van der Waals surface area contributed by atoms with Crippen LogP contribution in [-0.2, 0) is 4.79 Å². The average Bonchev–Trinajstić information content (AvgIpc) is 2.62. The van der Waals surface area contributed by atoms with Gasteiger partial charge in [0.15, 0.2) is 11.6 Å². The lowest BCUT2D eigenvalue weighted by atomic mass is 9.96. The Bertz CT molecular complexity index is 834. The van der Waals surface area contributed by atoms with Crippen molar-refractivity contribution in [3.8, 4) is 17.0 Å². The number of aromatic nitrogens is 1. The molecule has 3 rings (SSSR count). The fourth-order valence-electron chi connectivity index (χ4n) is 3.06. The number of pyridine rings is 1. The number of rotatable bonds is 4. The van der Waals surface area contributed by atoms with Crippen LogP contribution in [0, 0.1) is 11.7 Å². The number of piperidine rings is 1. The highest BCUT2D eigenvalue weighted by atomic mass is 19.4. The van der Waals surface area contributed by atoms with Crippen LogP contribution in [0.3, 0.4) is 0 Å². The monoisotopic (exact) mass is 383 g/mol. The second-order valence-corrected chi connectivity index (χ2v) is 6.26. The maximum absolute atomic E-state index is 13.9. The lowest BCUT2D eigenvalue weighted by molar-refractivity contribution is -0.275. The molecule has 0 aliphatic carbocycles. The van der Waals surface area contributed by atoms with E-state index in [1.807, 2.05) is 0 Å². The summed E-state index contributed by atoms with van der Waals surface area (Å²) in [6.07, 6.45) is -2.13. The van der Waals surface area contributed by atoms with Gasteiger partial charge >= 0.3 is 6.36 Å². The van der Waals surface area contributed by atoms with Crippen LogP contribution in [0.25, 0.3) is 11.3 Å². The number of ether oxygens (including phenoxy) is 1. The first-order valence-electron chi connectivity index (χ1n) is 8.29. The van der Waals surface area contributed by atoms with Gasteiger partial charge in [0.2, 0.25) is 5.91 Å². The minimum absolute atomic E-state index is 0.141. The van der Waals surface area contributed by atoms with Gasteiger partial charge in [0.05, 0.1) is 5.69 Å². The molecule has 5 nitrogen and oxygen atoms in total. The molecule has 0 spiro atoms. The summed E-state index contributed by atoms with van der Waals surface area (Å²) < 4.78 is 54.3. The first kappa shape index (κ1) is 18.9. The van der Waals surface area contributed by atoms with Crippen molar-refractivity contribution >= 4 is 11.6 Å². The Morgan fingerprint density at radius 2 is 1.89 bits per heavy atom. The number of nitrogens with two attached hydrogens (primary N) is 1. The van der Waals surface area contributed by atoms with E-state index in [2.05, 4.69) is 14.6 Å². The normalized spacial score (nSPS) is 15.6. The molecule has 2 aromatic rings. The number of nitrogens with zero attached hydrogens (tertiary/aromatic N) is 2. The molecule has 1 aliphatic rings. The maximum Gasteiger partial charge on any atom is 0.573 e. The van der Waals surface area contributed by atoms with E-state index in [1.165, 1.54) is 6.07 Å². The lowest BCUT2D eigenvalue weighted by Crippen LogP contribution is -2.38. The van der Waals surface area contributed by atoms with Crippen molar-refractivity contribution in [1.82, 2.24) is 4.98 Å². The first-order valence-corrected chi connectivity index (χ1v) is 8.29. The number of halogens is 4. The average molecular weight is 383 g/mol. The third-order valence-electron chi connectivity index (χ3n) is 4.46. The molecule has 1 aromatic heterocycles. The molecule has 0 saturated carbocycles. The molecule has 1 amide bonds. The predicted octanol–water partition coefficient (Wildman–Crippen LogP) is 3.49. The summed E-state index contributed by atoms with van der Waals surface area (Å²) in [6, 6.07) is 6.70. The van der Waals surface area contributed by atoms with Gasteiger partial charge in [-0.05, 0) is 43.2 Å². The Balaban J connectivity index is 1.78. The van der Waals surface area contributed by atoms with E-state index in [4.69, 9.17) is 5.73 Å². The van der Waals surface area contributed by atoms with Gasteiger partial charge in [-0.2, -0.15) is 0 Å². The zero-order valence-electron chi connectivity index (χ0n) is 14.2. The van der Waals surface area contributed by atoms with Gasteiger partial charge in [-0.25, -0.2) is 4.39 Å². The number of amides is 1. The topological polar surface area (TPSA) is 68.5 Å². The molecule has 2 N–H and O–H groups in total. The highest BCUT2D eigenvalue weighted by Crippen LogP contribution is 2.31. The third-order valence-corrected chi connectivity index (χ3v) is 4.46. The van der Waals surface area contributed by atoms with Crippen molar-refractivity contribution in [3.63, 3.8) is 0 Å². The molecule has 0 unspecified atom stereocenters. The van der Waals surface area contributed by atoms with Gasteiger partial charge in [-0.1, -0.05) is 0 Å². The summed E-state index contributed by atoms with van der Waals surface area (Å²) in [5.41, 5.74) is 6.91. The quantitative estimate of drug-likeness (QED) is 0.821. The zero-order valence-corrected chi connectivity index (χ0v) is 14.2. The lowest BCUT2D eigenvalue weighted by Gasteiger charge is -2.32. The van der Waals surface area contributed by atoms with Crippen LogP contribution in [0.4, 0.5) is 23.2 Å². The van der Waals surface area contributed by atoms with E-state index in [0.29, 0.717) is 37.2 Å². The van der Waals surface area contributed by atoms with E-state index >= 15 is 0 Å². The molecule has 9 heteroatoms. The SMILES string of the molecule is NC(=O)C1CCN(c2ccnc(-c3ccc(OC(F)(F)F)c(F)c3)c2)CC1. The summed E-state index contributed by atoms with van der Waals surface area (Å²) in [5, 5.41) is 0. The van der Waals surface area contributed by atoms with Crippen molar-refractivity contribution in [2.75, 3.05) is 18.0 Å². The summed E-state index contributed by atoms with van der Waals surface area (Å²) in [6.45, 7) is 1.29. The number of primary amides is 1. The Labute approximate surface area is 152 Å². The Morgan fingerprint density at radius 3 is 2.48 bits per heavy atom. The maximum atomic E-state index is 13.9. The number of alkyl halides is 3. The van der Waals surface area contributed by atoms with E-state index in [-0.39, 0.29) is 11.8 Å². The number of carbonyl (C=O) groups excluding carboxylic acids is 1. The van der Waals surface area contributed by atoms with Gasteiger partial charge in [-0.3, -0.25) is 9.78 Å². The zero-order chi connectivity index (χ0) is 19.6. The minimum atomic E-state index is -4.96. The molecule has 0 radical (unpaired) electrons. The Hall–Kier alpha value is -2.84. The fourth-order valence-corrected chi connectivity index (χ4v) is 3.06. The Morgan fingerprint density at radius 1 is 1.19 bits per heavy atom. The van der Waals surface area contributed by atoms with Gasteiger partial charge < -0.3 is 15.4 Å². The molecule has 1 fully saturated rings. The van der Waals surface area contributed by atoms with Crippen molar-refractivity contribution in [2.45, 2.75) is 19.2 Å². The van der Waals surface area contributed by atoms with E-state index in [9.17, 15) is 22.4 Å². The van der Waals surface area contributed by atoms with Crippen LogP contribution in [0.15, 0.2) is 36.5 Å². The largest absolute Gasteiger partial charge is 0.573 e. The Kier molecular flexibility index (Phi) is 5.20. The van der Waals surface area contributed by atoms with Crippen LogP contribution >= 0.6 is 0 Å². The van der Waals surface area contributed by atoms with Gasteiger partial charge in [0.1, 0.15) is 0 Å². The van der Waals surface area contributed by atoms with Crippen molar-refractivity contribution < 1.29 is 27.1 Å². The molecular formula is C18H17F4N3O2. The van der Waals surface area contributed by atoms with Crippen LogP contribution in [0.5, 0.6) is 5.75 Å². The standard InChI is InChI=1S/C18H17F4N3O2/c19-14-9-12(1-2-16(14)27-18(20,21)22)15-10-13(3-6-24-15)25-7-4-11(5-8-25)17(23)26/h1-3,6,9-11H,4-5,7-8H2,(H2,23,26). The second kappa shape index (κ2) is 7.42. The number of hydrogen-bond donors (Lipinski definition) is 1. The smallest absolute Gasteiger partial charge is 0.403 e. The van der Waals surface area contributed by atoms with E-state index in [0.717, 1.165) is 17.8 Å². The van der Waals surface area contributed by atoms with Crippen LogP contribution in [0.1, 0.15) is 12.8 Å². The number of anilines is 1. The molecule has 1 aromatic carbocycles. The number of benzene rings is 1. The molecule has 2 heterocycles. The van der Waals surface area contributed by atoms with E-state index < -0.39 is 17.9 Å². The molecule has 0 bridgehead atoms. The molecule has 1 aliphatic heterocycles. The van der Waals surface area contributed by atoms with Crippen LogP contribution in [0.2, 0.25) is 0 Å². The summed E-state index contributed by atoms with van der Waals surface area (Å²) in [5.74, 6) is -2.46. The van der Waals surface area contributed by atoms with Crippen molar-refractivity contribution in [3.05, 3.63) is 42.3 Å². The van der Waals surface area contributed by atoms with E-state index in [1.54, 1.807) is 18.3 Å². The molecule has 1 saturated heterocycles. The predicted molar refractivity (Wildman–Crippen MR) is 90.4 cm³/mol. The second-order valence-electron chi connectivity index (χ2n) is 6.26. The molecular weight excluding hydrogens is 366 g/mol. The summed E-state index contributed by atoms with van der Waals surface area (Å²) in [4.78, 5) is 17.5. The summed E-state index contributed by atoms with van der Waals surface area (Å²) in [7, 11) is 0. The van der Waals surface area contributed by atoms with Gasteiger partial charge in [0, 0.05) is 36.5 Å².